The van der Waals surface area contributed by atoms with E-state index in [2.05, 4.69) is 56.1 Å². The largest absolute Gasteiger partial charge is 0.378 e. The van der Waals surface area contributed by atoms with Crippen molar-refractivity contribution in [3.63, 3.8) is 0 Å². The molecule has 0 aliphatic carbocycles. The highest BCUT2D eigenvalue weighted by Crippen LogP contribution is 2.21. The Morgan fingerprint density at radius 2 is 1.04 bits per heavy atom. The average molecular weight is 509 g/mol. The molecule has 0 saturated carbocycles. The van der Waals surface area contributed by atoms with E-state index in [9.17, 15) is 0 Å². The number of ether oxygens (including phenoxy) is 1. The first-order chi connectivity index (χ1) is 12.1. The number of hydrogen-bond acceptors (Lipinski definition) is 1. The maximum Gasteiger partial charge on any atom is 0.0697 e. The first kappa shape index (κ1) is 21.2. The summed E-state index contributed by atoms with van der Waals surface area (Å²) in [5.74, 6) is 0. The first-order valence-electron chi connectivity index (χ1n) is 8.28. The SMILES string of the molecule is ClC(COCC(Cl)C(Br)Cc1ccccc1)C(Br)Cc1ccccc1. The highest BCUT2D eigenvalue weighted by atomic mass is 79.9. The number of alkyl halides is 4. The van der Waals surface area contributed by atoms with Gasteiger partial charge in [-0.15, -0.1) is 23.2 Å². The predicted molar refractivity (Wildman–Crippen MR) is 116 cm³/mol. The second kappa shape index (κ2) is 11.6. The molecule has 2 rings (SSSR count). The second-order valence-corrected chi connectivity index (χ2v) is 9.45. The molecular formula is C20H22Br2Cl2O. The summed E-state index contributed by atoms with van der Waals surface area (Å²) in [5.41, 5.74) is 2.52. The third-order valence-corrected chi connectivity index (χ3v) is 7.28. The molecule has 0 aromatic heterocycles. The number of halogens is 4. The van der Waals surface area contributed by atoms with Gasteiger partial charge >= 0.3 is 0 Å². The molecule has 0 aliphatic heterocycles. The molecule has 2 aromatic carbocycles. The zero-order chi connectivity index (χ0) is 18.1. The van der Waals surface area contributed by atoms with Crippen LogP contribution >= 0.6 is 55.1 Å². The molecule has 1 nitrogen and oxygen atoms in total. The maximum absolute atomic E-state index is 6.45. The Hall–Kier alpha value is -0.0600. The standard InChI is InChI=1S/C20H22Br2Cl2O/c21-17(11-15-7-3-1-4-8-15)19(23)13-25-14-20(24)18(22)12-16-9-5-2-6-10-16/h1-10,17-20H,11-14H2. The van der Waals surface area contributed by atoms with Crippen molar-refractivity contribution < 1.29 is 4.74 Å². The maximum atomic E-state index is 6.45. The molecule has 0 heterocycles. The van der Waals surface area contributed by atoms with Crippen LogP contribution < -0.4 is 0 Å². The zero-order valence-electron chi connectivity index (χ0n) is 13.8. The second-order valence-electron chi connectivity index (χ2n) is 5.98. The molecule has 0 N–H and O–H groups in total. The highest BCUT2D eigenvalue weighted by molar-refractivity contribution is 9.09. The van der Waals surface area contributed by atoms with E-state index in [4.69, 9.17) is 27.9 Å². The average Bonchev–Trinajstić information content (AvgIpc) is 2.63. The van der Waals surface area contributed by atoms with Crippen molar-refractivity contribution in [3.05, 3.63) is 71.8 Å². The van der Waals surface area contributed by atoms with Crippen molar-refractivity contribution in [2.45, 2.75) is 33.3 Å². The fraction of sp³-hybridized carbons (Fsp3) is 0.400. The van der Waals surface area contributed by atoms with Crippen LogP contribution in [0.15, 0.2) is 60.7 Å². The lowest BCUT2D eigenvalue weighted by molar-refractivity contribution is 0.133. The summed E-state index contributed by atoms with van der Waals surface area (Å²) in [4.78, 5) is 0.323. The molecule has 0 amide bonds. The molecule has 0 fully saturated rings. The van der Waals surface area contributed by atoms with E-state index in [-0.39, 0.29) is 20.4 Å². The quantitative estimate of drug-likeness (QED) is 0.346. The van der Waals surface area contributed by atoms with Crippen LogP contribution in [0, 0.1) is 0 Å². The summed E-state index contributed by atoms with van der Waals surface area (Å²) < 4.78 is 5.75. The fourth-order valence-electron chi connectivity index (χ4n) is 2.44. The van der Waals surface area contributed by atoms with Crippen LogP contribution in [0.1, 0.15) is 11.1 Å². The van der Waals surface area contributed by atoms with Crippen LogP contribution in [0.4, 0.5) is 0 Å². The van der Waals surface area contributed by atoms with E-state index >= 15 is 0 Å². The molecule has 0 saturated heterocycles. The van der Waals surface area contributed by atoms with Crippen LogP contribution in [0.2, 0.25) is 0 Å². The van der Waals surface area contributed by atoms with E-state index in [1.165, 1.54) is 11.1 Å². The van der Waals surface area contributed by atoms with Gasteiger partial charge in [0.2, 0.25) is 0 Å². The normalized spacial score (nSPS) is 16.2. The predicted octanol–water partition coefficient (Wildman–Crippen LogP) is 6.23. The zero-order valence-corrected chi connectivity index (χ0v) is 18.5. The van der Waals surface area contributed by atoms with Crippen molar-refractivity contribution in [2.24, 2.45) is 0 Å². The van der Waals surface area contributed by atoms with E-state index in [1.54, 1.807) is 0 Å². The summed E-state index contributed by atoms with van der Waals surface area (Å²) in [5, 5.41) is -0.209. The van der Waals surface area contributed by atoms with E-state index in [1.807, 2.05) is 36.4 Å². The van der Waals surface area contributed by atoms with Gasteiger partial charge < -0.3 is 4.74 Å². The van der Waals surface area contributed by atoms with Gasteiger partial charge in [0.1, 0.15) is 0 Å². The van der Waals surface area contributed by atoms with E-state index in [0.29, 0.717) is 13.2 Å². The topological polar surface area (TPSA) is 9.23 Å². The Labute approximate surface area is 177 Å². The monoisotopic (exact) mass is 506 g/mol. The van der Waals surface area contributed by atoms with Gasteiger partial charge in [-0.05, 0) is 24.0 Å². The van der Waals surface area contributed by atoms with Gasteiger partial charge in [-0.3, -0.25) is 0 Å². The van der Waals surface area contributed by atoms with Gasteiger partial charge in [0.25, 0.3) is 0 Å². The molecular weight excluding hydrogens is 487 g/mol. The number of benzene rings is 2. The van der Waals surface area contributed by atoms with Crippen molar-refractivity contribution in [2.75, 3.05) is 13.2 Å². The van der Waals surface area contributed by atoms with Crippen LogP contribution in [-0.4, -0.2) is 33.6 Å². The molecule has 25 heavy (non-hydrogen) atoms. The Bertz CT molecular complexity index is 544. The third-order valence-electron chi connectivity index (χ3n) is 3.89. The van der Waals surface area contributed by atoms with Crippen molar-refractivity contribution in [1.82, 2.24) is 0 Å². The molecule has 5 heteroatoms. The van der Waals surface area contributed by atoms with Gasteiger partial charge in [0.15, 0.2) is 0 Å². The Morgan fingerprint density at radius 3 is 1.40 bits per heavy atom. The molecule has 0 bridgehead atoms. The highest BCUT2D eigenvalue weighted by Gasteiger charge is 2.20. The Kier molecular flexibility index (Phi) is 9.87. The van der Waals surface area contributed by atoms with Crippen LogP contribution in [0.25, 0.3) is 0 Å². The van der Waals surface area contributed by atoms with Crippen molar-refractivity contribution in [3.8, 4) is 0 Å². The molecule has 0 aliphatic rings. The fourth-order valence-corrected chi connectivity index (χ4v) is 3.85. The van der Waals surface area contributed by atoms with Gasteiger partial charge in [-0.25, -0.2) is 0 Å². The van der Waals surface area contributed by atoms with E-state index in [0.717, 1.165) is 12.8 Å². The van der Waals surface area contributed by atoms with Crippen LogP contribution in [0.5, 0.6) is 0 Å². The number of rotatable bonds is 10. The minimum Gasteiger partial charge on any atom is -0.378 e. The van der Waals surface area contributed by atoms with Crippen LogP contribution in [-0.2, 0) is 17.6 Å². The Morgan fingerprint density at radius 1 is 0.680 bits per heavy atom. The van der Waals surface area contributed by atoms with Gasteiger partial charge in [-0.1, -0.05) is 92.5 Å². The van der Waals surface area contributed by atoms with Gasteiger partial charge in [0.05, 0.1) is 24.0 Å². The summed E-state index contributed by atoms with van der Waals surface area (Å²) in [7, 11) is 0. The third kappa shape index (κ3) is 8.01. The summed E-state index contributed by atoms with van der Waals surface area (Å²) in [6, 6.07) is 20.6. The summed E-state index contributed by atoms with van der Waals surface area (Å²) in [6.45, 7) is 0.942. The van der Waals surface area contributed by atoms with E-state index < -0.39 is 0 Å². The molecule has 0 spiro atoms. The van der Waals surface area contributed by atoms with Crippen molar-refractivity contribution in [1.29, 1.82) is 0 Å². The number of hydrogen-bond donors (Lipinski definition) is 0. The molecule has 0 radical (unpaired) electrons. The van der Waals surface area contributed by atoms with Crippen LogP contribution in [0.3, 0.4) is 0 Å². The van der Waals surface area contributed by atoms with Crippen molar-refractivity contribution >= 4 is 55.1 Å². The Balaban J connectivity index is 1.68. The minimum atomic E-state index is -0.105. The molecule has 136 valence electrons. The van der Waals surface area contributed by atoms with Gasteiger partial charge in [-0.2, -0.15) is 0 Å². The molecule has 4 unspecified atom stereocenters. The minimum absolute atomic E-state index is 0.105. The lowest BCUT2D eigenvalue weighted by Gasteiger charge is -2.20. The molecule has 2 aromatic rings. The lowest BCUT2D eigenvalue weighted by atomic mass is 10.1. The van der Waals surface area contributed by atoms with Gasteiger partial charge in [0, 0.05) is 9.65 Å². The summed E-state index contributed by atoms with van der Waals surface area (Å²) >= 11 is 20.2. The smallest absolute Gasteiger partial charge is 0.0697 e. The summed E-state index contributed by atoms with van der Waals surface area (Å²) in [6.07, 6.45) is 1.75. The first-order valence-corrected chi connectivity index (χ1v) is 11.0. The molecule has 4 atom stereocenters. The lowest BCUT2D eigenvalue weighted by Crippen LogP contribution is -2.27.